The van der Waals surface area contributed by atoms with Crippen molar-refractivity contribution in [1.29, 1.82) is 0 Å². The lowest BCUT2D eigenvalue weighted by molar-refractivity contribution is 0.605. The Morgan fingerprint density at radius 1 is 1.40 bits per heavy atom. The molecule has 0 saturated heterocycles. The lowest BCUT2D eigenvalue weighted by Gasteiger charge is -2.08. The van der Waals surface area contributed by atoms with Gasteiger partial charge in [-0.1, -0.05) is 0 Å². The molecule has 7 heteroatoms. The van der Waals surface area contributed by atoms with Gasteiger partial charge in [-0.2, -0.15) is 0 Å². The molecule has 0 radical (unpaired) electrons. The Kier molecular flexibility index (Phi) is 2.91. The van der Waals surface area contributed by atoms with Crippen LogP contribution in [-0.4, -0.2) is 30.2 Å². The summed E-state index contributed by atoms with van der Waals surface area (Å²) in [5.74, 6) is 0.518. The first-order valence-electron chi connectivity index (χ1n) is 4.20. The van der Waals surface area contributed by atoms with E-state index >= 15 is 0 Å². The molecule has 1 aliphatic heterocycles. The Bertz CT molecular complexity index is 483. The first kappa shape index (κ1) is 10.8. The molecule has 15 heavy (non-hydrogen) atoms. The van der Waals surface area contributed by atoms with Crippen molar-refractivity contribution in [3.63, 3.8) is 0 Å². The van der Waals surface area contributed by atoms with Gasteiger partial charge in [0.15, 0.2) is 9.84 Å². The summed E-state index contributed by atoms with van der Waals surface area (Å²) >= 11 is 2.10. The van der Waals surface area contributed by atoms with Gasteiger partial charge in [0, 0.05) is 21.4 Å². The van der Waals surface area contributed by atoms with Crippen LogP contribution in [0.25, 0.3) is 0 Å². The predicted octanol–water partition coefficient (Wildman–Crippen LogP) is 0.804. The zero-order chi connectivity index (χ0) is 10.9. The number of sulfone groups is 1. The van der Waals surface area contributed by atoms with Crippen molar-refractivity contribution in [3.8, 4) is 0 Å². The maximum Gasteiger partial charge on any atom is 0.223 e. The predicted molar refractivity (Wildman–Crippen MR) is 65.1 cm³/mol. The normalized spacial score (nSPS) is 22.9. The summed E-state index contributed by atoms with van der Waals surface area (Å²) in [6.07, 6.45) is 4.95. The molecule has 0 fully saturated rings. The summed E-state index contributed by atoms with van der Waals surface area (Å²) in [5, 5.41) is 4.15. The molecule has 0 spiro atoms. The van der Waals surface area contributed by atoms with Crippen molar-refractivity contribution in [2.24, 2.45) is 0 Å². The number of aromatic nitrogens is 2. The maximum absolute atomic E-state index is 11.1. The first-order chi connectivity index (χ1) is 7.05. The van der Waals surface area contributed by atoms with E-state index in [0.29, 0.717) is 5.95 Å². The van der Waals surface area contributed by atoms with Gasteiger partial charge >= 0.3 is 0 Å². The summed E-state index contributed by atoms with van der Waals surface area (Å²) < 4.78 is 23.2. The van der Waals surface area contributed by atoms with Gasteiger partial charge in [0.25, 0.3) is 0 Å². The number of hydrogen-bond acceptors (Lipinski definition) is 5. The number of hydrogen-bond donors (Lipinski definition) is 1. The van der Waals surface area contributed by atoms with Crippen molar-refractivity contribution >= 4 is 38.4 Å². The molecule has 1 N–H and O–H groups in total. The average molecular weight is 337 g/mol. The van der Waals surface area contributed by atoms with Crippen molar-refractivity contribution in [2.75, 3.05) is 11.1 Å². The molecule has 1 unspecified atom stereocenters. The molecule has 1 aliphatic rings. The van der Waals surface area contributed by atoms with Gasteiger partial charge in [0.1, 0.15) is 0 Å². The van der Waals surface area contributed by atoms with Crippen LogP contribution in [0, 0.1) is 3.57 Å². The molecule has 5 nitrogen and oxygen atoms in total. The van der Waals surface area contributed by atoms with Gasteiger partial charge in [-0.25, -0.2) is 18.4 Å². The van der Waals surface area contributed by atoms with Crippen LogP contribution in [-0.2, 0) is 9.84 Å². The maximum atomic E-state index is 11.1. The van der Waals surface area contributed by atoms with Crippen LogP contribution in [0.2, 0.25) is 0 Å². The van der Waals surface area contributed by atoms with E-state index in [1.165, 1.54) is 5.41 Å². The minimum absolute atomic E-state index is 0.0718. The van der Waals surface area contributed by atoms with E-state index in [0.717, 1.165) is 3.57 Å². The van der Waals surface area contributed by atoms with E-state index in [9.17, 15) is 8.42 Å². The fraction of sp³-hybridized carbons (Fsp3) is 0.250. The highest BCUT2D eigenvalue weighted by atomic mass is 127. The Labute approximate surface area is 101 Å². The van der Waals surface area contributed by atoms with Crippen LogP contribution in [0.4, 0.5) is 5.95 Å². The largest absolute Gasteiger partial charge is 0.347 e. The fourth-order valence-electron chi connectivity index (χ4n) is 1.22. The number of nitrogens with one attached hydrogen (secondary N) is 1. The van der Waals surface area contributed by atoms with Crippen LogP contribution < -0.4 is 5.32 Å². The molecule has 80 valence electrons. The Morgan fingerprint density at radius 3 is 2.60 bits per heavy atom. The highest BCUT2D eigenvalue weighted by Gasteiger charge is 2.21. The van der Waals surface area contributed by atoms with Gasteiger partial charge < -0.3 is 5.32 Å². The van der Waals surface area contributed by atoms with Crippen LogP contribution in [0.15, 0.2) is 23.9 Å². The standard InChI is InChI=1S/C8H8IN3O2S/c9-6-3-10-8(11-4-6)12-7-1-2-15(13,14)5-7/h1-4,7H,5H2,(H,10,11,12). The van der Waals surface area contributed by atoms with E-state index in [4.69, 9.17) is 0 Å². The van der Waals surface area contributed by atoms with Crippen LogP contribution in [0.1, 0.15) is 0 Å². The SMILES string of the molecule is O=S1(=O)C=CC(Nc2ncc(I)cn2)C1. The number of anilines is 1. The molecule has 0 aromatic carbocycles. The smallest absolute Gasteiger partial charge is 0.223 e. The topological polar surface area (TPSA) is 72.0 Å². The first-order valence-corrected chi connectivity index (χ1v) is 7.00. The summed E-state index contributed by atoms with van der Waals surface area (Å²) in [5.41, 5.74) is 0. The number of rotatable bonds is 2. The molecule has 1 aromatic rings. The van der Waals surface area contributed by atoms with Gasteiger partial charge in [-0.05, 0) is 28.7 Å². The molecule has 1 aromatic heterocycles. The molecule has 2 rings (SSSR count). The second-order valence-electron chi connectivity index (χ2n) is 3.13. The van der Waals surface area contributed by atoms with Gasteiger partial charge in [0.05, 0.1) is 11.8 Å². The van der Waals surface area contributed by atoms with E-state index in [1.54, 1.807) is 18.5 Å². The molecule has 0 aliphatic carbocycles. The monoisotopic (exact) mass is 337 g/mol. The van der Waals surface area contributed by atoms with Gasteiger partial charge in [-0.15, -0.1) is 0 Å². The van der Waals surface area contributed by atoms with E-state index < -0.39 is 9.84 Å². The van der Waals surface area contributed by atoms with Crippen molar-refractivity contribution in [2.45, 2.75) is 6.04 Å². The highest BCUT2D eigenvalue weighted by Crippen LogP contribution is 2.12. The minimum Gasteiger partial charge on any atom is -0.347 e. The van der Waals surface area contributed by atoms with Crippen molar-refractivity contribution in [1.82, 2.24) is 9.97 Å². The summed E-state index contributed by atoms with van der Waals surface area (Å²) in [4.78, 5) is 8.06. The third kappa shape index (κ3) is 2.88. The zero-order valence-electron chi connectivity index (χ0n) is 7.59. The zero-order valence-corrected chi connectivity index (χ0v) is 10.6. The molecule has 2 heterocycles. The third-order valence-corrected chi connectivity index (χ3v) is 3.82. The van der Waals surface area contributed by atoms with E-state index in [1.807, 2.05) is 0 Å². The lowest BCUT2D eigenvalue weighted by atomic mass is 10.3. The summed E-state index contributed by atoms with van der Waals surface area (Å²) in [6.45, 7) is 0. The van der Waals surface area contributed by atoms with E-state index in [-0.39, 0.29) is 11.8 Å². The molecular formula is C8H8IN3O2S. The van der Waals surface area contributed by atoms with E-state index in [2.05, 4.69) is 37.9 Å². The van der Waals surface area contributed by atoms with Gasteiger partial charge in [0.2, 0.25) is 5.95 Å². The molecule has 0 saturated carbocycles. The molecule has 1 atom stereocenters. The Hall–Kier alpha value is -0.700. The summed E-state index contributed by atoms with van der Waals surface area (Å²) in [7, 11) is -3.02. The molecule has 0 bridgehead atoms. The quantitative estimate of drug-likeness (QED) is 0.809. The fourth-order valence-corrected chi connectivity index (χ4v) is 2.73. The summed E-state index contributed by atoms with van der Waals surface area (Å²) in [6, 6.07) is -0.227. The van der Waals surface area contributed by atoms with Crippen molar-refractivity contribution < 1.29 is 8.42 Å². The molecule has 0 amide bonds. The van der Waals surface area contributed by atoms with Gasteiger partial charge in [-0.3, -0.25) is 0 Å². The van der Waals surface area contributed by atoms with Crippen LogP contribution in [0.3, 0.4) is 0 Å². The average Bonchev–Trinajstić information content (AvgIpc) is 2.50. The van der Waals surface area contributed by atoms with Crippen molar-refractivity contribution in [3.05, 3.63) is 27.4 Å². The minimum atomic E-state index is -3.02. The lowest BCUT2D eigenvalue weighted by Crippen LogP contribution is -2.22. The van der Waals surface area contributed by atoms with Crippen LogP contribution >= 0.6 is 22.6 Å². The number of halogens is 1. The highest BCUT2D eigenvalue weighted by molar-refractivity contribution is 14.1. The third-order valence-electron chi connectivity index (χ3n) is 1.86. The second kappa shape index (κ2) is 4.05. The Balaban J connectivity index is 2.05. The second-order valence-corrected chi connectivity index (χ2v) is 6.31. The number of nitrogens with zero attached hydrogens (tertiary/aromatic N) is 2. The van der Waals surface area contributed by atoms with Crippen LogP contribution in [0.5, 0.6) is 0 Å². The molecular weight excluding hydrogens is 329 g/mol. The Morgan fingerprint density at radius 2 is 2.07 bits per heavy atom.